The van der Waals surface area contributed by atoms with Gasteiger partial charge in [0.1, 0.15) is 5.60 Å². The second-order valence-electron chi connectivity index (χ2n) is 5.87. The van der Waals surface area contributed by atoms with Gasteiger partial charge in [-0.15, -0.1) is 0 Å². The monoisotopic (exact) mass is 325 g/mol. The van der Waals surface area contributed by atoms with Gasteiger partial charge in [0.2, 0.25) is 12.5 Å². The van der Waals surface area contributed by atoms with Crippen LogP contribution in [0.1, 0.15) is 32.4 Å². The van der Waals surface area contributed by atoms with Crippen molar-refractivity contribution in [3.63, 3.8) is 0 Å². The molecular weight excluding hydrogens is 306 g/mol. The van der Waals surface area contributed by atoms with Gasteiger partial charge in [-0.2, -0.15) is 0 Å². The highest BCUT2D eigenvalue weighted by atomic mass is 16.7. The molecule has 8 heteroatoms. The number of hydrogen-bond donors (Lipinski definition) is 2. The van der Waals surface area contributed by atoms with Gasteiger partial charge in [-0.25, -0.2) is 9.59 Å². The summed E-state index contributed by atoms with van der Waals surface area (Å²) in [7, 11) is 1.43. The first kappa shape index (κ1) is 16.7. The molecule has 1 aromatic rings. The van der Waals surface area contributed by atoms with Gasteiger partial charge in [0.25, 0.3) is 0 Å². The molecule has 23 heavy (non-hydrogen) atoms. The predicted octanol–water partition coefficient (Wildman–Crippen LogP) is 2.07. The highest BCUT2D eigenvalue weighted by Crippen LogP contribution is 2.43. The molecule has 2 rings (SSSR count). The number of carbonyl (C=O) groups excluding carboxylic acids is 1. The SMILES string of the molecule is COc1cc(C(NC(=O)OC(C)(C)C)C(=O)O)cc2c1OCO2. The average molecular weight is 325 g/mol. The van der Waals surface area contributed by atoms with Crippen LogP contribution >= 0.6 is 0 Å². The Labute approximate surface area is 133 Å². The van der Waals surface area contributed by atoms with E-state index < -0.39 is 23.7 Å². The molecular formula is C15H19NO7. The summed E-state index contributed by atoms with van der Waals surface area (Å²) in [4.78, 5) is 23.4. The van der Waals surface area contributed by atoms with E-state index in [4.69, 9.17) is 18.9 Å². The molecule has 0 aromatic heterocycles. The smallest absolute Gasteiger partial charge is 0.408 e. The van der Waals surface area contributed by atoms with Gasteiger partial charge in [-0.05, 0) is 38.5 Å². The lowest BCUT2D eigenvalue weighted by Gasteiger charge is -2.22. The van der Waals surface area contributed by atoms with Crippen molar-refractivity contribution < 1.29 is 33.6 Å². The van der Waals surface area contributed by atoms with Crippen molar-refractivity contribution in [1.29, 1.82) is 0 Å². The van der Waals surface area contributed by atoms with E-state index in [-0.39, 0.29) is 12.4 Å². The first-order chi connectivity index (χ1) is 10.7. The van der Waals surface area contributed by atoms with Crippen LogP contribution in [-0.2, 0) is 9.53 Å². The van der Waals surface area contributed by atoms with Crippen LogP contribution in [0.15, 0.2) is 12.1 Å². The van der Waals surface area contributed by atoms with E-state index in [1.807, 2.05) is 0 Å². The number of aliphatic carboxylic acids is 1. The lowest BCUT2D eigenvalue weighted by Crippen LogP contribution is -2.38. The lowest BCUT2D eigenvalue weighted by molar-refractivity contribution is -0.139. The zero-order valence-electron chi connectivity index (χ0n) is 13.3. The third-order valence-electron chi connectivity index (χ3n) is 2.92. The molecule has 0 saturated carbocycles. The number of carboxylic acids is 1. The van der Waals surface area contributed by atoms with Gasteiger partial charge in [0.15, 0.2) is 17.5 Å². The molecule has 1 unspecified atom stereocenters. The molecule has 0 fully saturated rings. The van der Waals surface area contributed by atoms with E-state index in [2.05, 4.69) is 5.32 Å². The van der Waals surface area contributed by atoms with Crippen molar-refractivity contribution in [2.24, 2.45) is 0 Å². The van der Waals surface area contributed by atoms with Crippen molar-refractivity contribution in [1.82, 2.24) is 5.32 Å². The molecule has 0 aliphatic carbocycles. The quantitative estimate of drug-likeness (QED) is 0.873. The Morgan fingerprint density at radius 3 is 2.57 bits per heavy atom. The van der Waals surface area contributed by atoms with Crippen molar-refractivity contribution >= 4 is 12.1 Å². The zero-order chi connectivity index (χ0) is 17.2. The van der Waals surface area contributed by atoms with Crippen molar-refractivity contribution in [3.05, 3.63) is 17.7 Å². The van der Waals surface area contributed by atoms with E-state index in [1.54, 1.807) is 20.8 Å². The van der Waals surface area contributed by atoms with Gasteiger partial charge in [0.05, 0.1) is 7.11 Å². The highest BCUT2D eigenvalue weighted by molar-refractivity contribution is 5.82. The number of carboxylic acid groups (broad SMARTS) is 1. The molecule has 1 amide bonds. The maximum absolute atomic E-state index is 11.9. The molecule has 8 nitrogen and oxygen atoms in total. The van der Waals surface area contributed by atoms with E-state index in [1.165, 1.54) is 19.2 Å². The third kappa shape index (κ3) is 3.97. The molecule has 0 radical (unpaired) electrons. The third-order valence-corrected chi connectivity index (χ3v) is 2.92. The maximum atomic E-state index is 11.9. The number of fused-ring (bicyclic) bond motifs is 1. The second-order valence-corrected chi connectivity index (χ2v) is 5.87. The van der Waals surface area contributed by atoms with Gasteiger partial charge in [-0.1, -0.05) is 0 Å². The number of methoxy groups -OCH3 is 1. The fourth-order valence-corrected chi connectivity index (χ4v) is 2.03. The van der Waals surface area contributed by atoms with Crippen molar-refractivity contribution in [3.8, 4) is 17.2 Å². The number of ether oxygens (including phenoxy) is 4. The summed E-state index contributed by atoms with van der Waals surface area (Å²) in [5.41, 5.74) is -0.454. The standard InChI is InChI=1S/C15H19NO7/c1-15(2,3)23-14(19)16-11(13(17)18)8-5-9(20-4)12-10(6-8)21-7-22-12/h5-6,11H,7H2,1-4H3,(H,16,19)(H,17,18). The van der Waals surface area contributed by atoms with E-state index in [9.17, 15) is 14.7 Å². The fourth-order valence-electron chi connectivity index (χ4n) is 2.03. The molecule has 126 valence electrons. The number of amides is 1. The normalized spacial score (nSPS) is 14.1. The number of benzene rings is 1. The molecule has 1 heterocycles. The number of nitrogens with one attached hydrogen (secondary N) is 1. The summed E-state index contributed by atoms with van der Waals surface area (Å²) in [5, 5.41) is 11.7. The summed E-state index contributed by atoms with van der Waals surface area (Å²) >= 11 is 0. The number of hydrogen-bond acceptors (Lipinski definition) is 6. The van der Waals surface area contributed by atoms with Gasteiger partial charge in [-0.3, -0.25) is 0 Å². The Kier molecular flexibility index (Phi) is 4.53. The Balaban J connectivity index is 2.28. The number of alkyl carbamates (subject to hydrolysis) is 1. The molecule has 0 bridgehead atoms. The molecule has 1 aromatic carbocycles. The topological polar surface area (TPSA) is 103 Å². The number of carbonyl (C=O) groups is 2. The van der Waals surface area contributed by atoms with Crippen LogP contribution in [0.3, 0.4) is 0 Å². The van der Waals surface area contributed by atoms with Crippen LogP contribution in [0.4, 0.5) is 4.79 Å². The molecule has 0 saturated heterocycles. The second kappa shape index (κ2) is 6.23. The molecule has 2 N–H and O–H groups in total. The van der Waals surface area contributed by atoms with E-state index in [0.29, 0.717) is 17.2 Å². The van der Waals surface area contributed by atoms with Gasteiger partial charge >= 0.3 is 12.1 Å². The minimum Gasteiger partial charge on any atom is -0.493 e. The van der Waals surface area contributed by atoms with Crippen LogP contribution in [0.5, 0.6) is 17.2 Å². The summed E-state index contributed by atoms with van der Waals surface area (Å²) in [6.45, 7) is 5.08. The minimum absolute atomic E-state index is 0.0202. The zero-order valence-corrected chi connectivity index (χ0v) is 13.3. The first-order valence-electron chi connectivity index (χ1n) is 6.91. The lowest BCUT2D eigenvalue weighted by atomic mass is 10.1. The van der Waals surface area contributed by atoms with Crippen LogP contribution in [0, 0.1) is 0 Å². The van der Waals surface area contributed by atoms with Crippen LogP contribution in [0.2, 0.25) is 0 Å². The number of rotatable bonds is 4. The van der Waals surface area contributed by atoms with E-state index >= 15 is 0 Å². The summed E-state index contributed by atoms with van der Waals surface area (Å²) < 4.78 is 20.8. The van der Waals surface area contributed by atoms with Crippen LogP contribution < -0.4 is 19.5 Å². The average Bonchev–Trinajstić information content (AvgIpc) is 2.89. The van der Waals surface area contributed by atoms with E-state index in [0.717, 1.165) is 0 Å². The Bertz CT molecular complexity index is 621. The maximum Gasteiger partial charge on any atom is 0.408 e. The van der Waals surface area contributed by atoms with Gasteiger partial charge < -0.3 is 29.4 Å². The first-order valence-corrected chi connectivity index (χ1v) is 6.91. The summed E-state index contributed by atoms with van der Waals surface area (Å²) in [6, 6.07) is 1.65. The fraction of sp³-hybridized carbons (Fsp3) is 0.467. The summed E-state index contributed by atoms with van der Waals surface area (Å²) in [5.74, 6) is -0.154. The summed E-state index contributed by atoms with van der Waals surface area (Å²) in [6.07, 6.45) is -0.832. The van der Waals surface area contributed by atoms with Gasteiger partial charge in [0, 0.05) is 0 Å². The van der Waals surface area contributed by atoms with Crippen LogP contribution in [0.25, 0.3) is 0 Å². The molecule has 0 spiro atoms. The Morgan fingerprint density at radius 2 is 2.00 bits per heavy atom. The van der Waals surface area contributed by atoms with Crippen molar-refractivity contribution in [2.45, 2.75) is 32.4 Å². The molecule has 1 aliphatic rings. The Morgan fingerprint density at radius 1 is 1.30 bits per heavy atom. The predicted molar refractivity (Wildman–Crippen MR) is 78.9 cm³/mol. The minimum atomic E-state index is -1.31. The Hall–Kier alpha value is -2.64. The molecule has 1 aliphatic heterocycles. The van der Waals surface area contributed by atoms with Crippen LogP contribution in [-0.4, -0.2) is 36.7 Å². The molecule has 1 atom stereocenters. The largest absolute Gasteiger partial charge is 0.493 e. The highest BCUT2D eigenvalue weighted by Gasteiger charge is 2.29. The van der Waals surface area contributed by atoms with Crippen molar-refractivity contribution in [2.75, 3.05) is 13.9 Å².